The van der Waals surface area contributed by atoms with Crippen molar-refractivity contribution in [2.24, 2.45) is 0 Å². The van der Waals surface area contributed by atoms with Crippen molar-refractivity contribution < 1.29 is 14.6 Å². The summed E-state index contributed by atoms with van der Waals surface area (Å²) in [7, 11) is 1.70. The lowest BCUT2D eigenvalue weighted by Crippen LogP contribution is -2.08. The summed E-state index contributed by atoms with van der Waals surface area (Å²) >= 11 is 0. The molecule has 0 saturated heterocycles. The summed E-state index contributed by atoms with van der Waals surface area (Å²) in [6.45, 7) is 8.35. The number of amides is 1. The number of carboxylic acid groups (broad SMARTS) is 1. The minimum atomic E-state index is -1.04. The highest BCUT2D eigenvalue weighted by atomic mass is 16.5. The highest BCUT2D eigenvalue weighted by Crippen LogP contribution is 2.29. The highest BCUT2D eigenvalue weighted by Gasteiger charge is 2.11. The molecule has 2 aromatic carbocycles. The fourth-order valence-electron chi connectivity index (χ4n) is 3.02. The van der Waals surface area contributed by atoms with Crippen LogP contribution in [0.15, 0.2) is 30.3 Å². The first-order valence-corrected chi connectivity index (χ1v) is 8.08. The number of benzene rings is 2. The maximum absolute atomic E-state index is 10.8. The van der Waals surface area contributed by atoms with Crippen LogP contribution in [0.1, 0.15) is 47.6 Å². The zero-order valence-electron chi connectivity index (χ0n) is 14.9. The average molecular weight is 327 g/mol. The van der Waals surface area contributed by atoms with Crippen LogP contribution in [0, 0.1) is 13.8 Å². The lowest BCUT2D eigenvalue weighted by Gasteiger charge is -2.16. The maximum atomic E-state index is 10.8. The van der Waals surface area contributed by atoms with Gasteiger partial charge in [-0.3, -0.25) is 5.32 Å². The van der Waals surface area contributed by atoms with E-state index in [0.717, 1.165) is 23.3 Å². The lowest BCUT2D eigenvalue weighted by atomic mass is 9.92. The summed E-state index contributed by atoms with van der Waals surface area (Å²) in [6, 6.07) is 10.1. The largest absolute Gasteiger partial charge is 0.496 e. The number of nitrogens with one attached hydrogen (secondary N) is 1. The van der Waals surface area contributed by atoms with Crippen molar-refractivity contribution in [1.82, 2.24) is 0 Å². The Hall–Kier alpha value is -2.49. The van der Waals surface area contributed by atoms with Gasteiger partial charge in [0.2, 0.25) is 0 Å². The molecule has 0 bridgehead atoms. The first kappa shape index (κ1) is 17.9. The van der Waals surface area contributed by atoms with Gasteiger partial charge in [-0.1, -0.05) is 26.0 Å². The third kappa shape index (κ3) is 4.07. The average Bonchev–Trinajstić information content (AvgIpc) is 2.50. The van der Waals surface area contributed by atoms with E-state index in [9.17, 15) is 4.79 Å². The molecule has 0 heterocycles. The molecule has 0 aromatic heterocycles. The van der Waals surface area contributed by atoms with E-state index in [1.807, 2.05) is 32.0 Å². The molecule has 2 N–H and O–H groups in total. The number of methoxy groups -OCH3 is 1. The van der Waals surface area contributed by atoms with Crippen LogP contribution in [0.25, 0.3) is 0 Å². The molecule has 128 valence electrons. The van der Waals surface area contributed by atoms with Crippen molar-refractivity contribution in [2.45, 2.75) is 40.0 Å². The molecule has 1 amide bonds. The summed E-state index contributed by atoms with van der Waals surface area (Å²) in [4.78, 5) is 10.8. The SMILES string of the molecule is COc1ccc(Cc2c(C)cc(NC(=O)O)cc2C)cc1C(C)C. The molecule has 0 unspecified atom stereocenters. The summed E-state index contributed by atoms with van der Waals surface area (Å²) in [6.07, 6.45) is -0.229. The van der Waals surface area contributed by atoms with Crippen LogP contribution in [-0.4, -0.2) is 18.3 Å². The summed E-state index contributed by atoms with van der Waals surface area (Å²) in [5.74, 6) is 1.31. The Balaban J connectivity index is 2.34. The quantitative estimate of drug-likeness (QED) is 0.801. The van der Waals surface area contributed by atoms with Crippen molar-refractivity contribution >= 4 is 11.8 Å². The molecule has 0 aliphatic heterocycles. The van der Waals surface area contributed by atoms with E-state index in [0.29, 0.717) is 11.6 Å². The van der Waals surface area contributed by atoms with Gasteiger partial charge in [-0.05, 0) is 72.2 Å². The van der Waals surface area contributed by atoms with Crippen molar-refractivity contribution in [1.29, 1.82) is 0 Å². The number of rotatable bonds is 5. The molecule has 4 nitrogen and oxygen atoms in total. The minimum absolute atomic E-state index is 0.393. The number of hydrogen-bond donors (Lipinski definition) is 2. The standard InChI is InChI=1S/C20H25NO3/c1-12(2)17-10-15(6-7-19(17)24-5)11-18-13(3)8-16(9-14(18)4)21-20(22)23/h6-10,12,21H,11H2,1-5H3,(H,22,23). The van der Waals surface area contributed by atoms with E-state index in [-0.39, 0.29) is 0 Å². The Bertz CT molecular complexity index is 728. The van der Waals surface area contributed by atoms with Gasteiger partial charge in [-0.15, -0.1) is 0 Å². The zero-order chi connectivity index (χ0) is 17.9. The third-order valence-electron chi connectivity index (χ3n) is 4.24. The fraction of sp³-hybridized carbons (Fsp3) is 0.350. The van der Waals surface area contributed by atoms with Crippen LogP contribution in [0.2, 0.25) is 0 Å². The van der Waals surface area contributed by atoms with Gasteiger partial charge in [-0.25, -0.2) is 4.79 Å². The van der Waals surface area contributed by atoms with Crippen LogP contribution >= 0.6 is 0 Å². The van der Waals surface area contributed by atoms with Gasteiger partial charge in [0.05, 0.1) is 7.11 Å². The predicted octanol–water partition coefficient (Wildman–Crippen LogP) is 5.12. The van der Waals surface area contributed by atoms with E-state index >= 15 is 0 Å². The summed E-state index contributed by atoms with van der Waals surface area (Å²) in [5, 5.41) is 11.3. The normalized spacial score (nSPS) is 10.8. The van der Waals surface area contributed by atoms with Crippen molar-refractivity contribution in [2.75, 3.05) is 12.4 Å². The van der Waals surface area contributed by atoms with E-state index < -0.39 is 6.09 Å². The fourth-order valence-corrected chi connectivity index (χ4v) is 3.02. The van der Waals surface area contributed by atoms with Gasteiger partial charge < -0.3 is 9.84 Å². The number of anilines is 1. The molecular weight excluding hydrogens is 302 g/mol. The molecule has 0 fully saturated rings. The molecule has 0 aliphatic carbocycles. The van der Waals surface area contributed by atoms with Crippen LogP contribution in [0.4, 0.5) is 10.5 Å². The van der Waals surface area contributed by atoms with E-state index in [2.05, 4.69) is 31.3 Å². The number of ether oxygens (including phenoxy) is 1. The molecule has 4 heteroatoms. The Morgan fingerprint density at radius 2 is 1.79 bits per heavy atom. The van der Waals surface area contributed by atoms with Crippen LogP contribution in [0.3, 0.4) is 0 Å². The Morgan fingerprint density at radius 3 is 2.29 bits per heavy atom. The molecule has 2 rings (SSSR count). The van der Waals surface area contributed by atoms with Gasteiger partial charge in [0.25, 0.3) is 0 Å². The van der Waals surface area contributed by atoms with Gasteiger partial charge in [0, 0.05) is 5.69 Å². The Morgan fingerprint density at radius 1 is 1.17 bits per heavy atom. The molecular formula is C20H25NO3. The maximum Gasteiger partial charge on any atom is 0.409 e. The highest BCUT2D eigenvalue weighted by molar-refractivity contribution is 5.83. The first-order valence-electron chi connectivity index (χ1n) is 8.08. The summed E-state index contributed by atoms with van der Waals surface area (Å²) < 4.78 is 5.45. The van der Waals surface area contributed by atoms with Crippen molar-refractivity contribution in [3.63, 3.8) is 0 Å². The number of aryl methyl sites for hydroxylation is 2. The first-order chi connectivity index (χ1) is 11.3. The monoisotopic (exact) mass is 327 g/mol. The molecule has 24 heavy (non-hydrogen) atoms. The Kier molecular flexibility index (Phi) is 5.50. The number of hydrogen-bond acceptors (Lipinski definition) is 2. The smallest absolute Gasteiger partial charge is 0.409 e. The second kappa shape index (κ2) is 7.39. The van der Waals surface area contributed by atoms with Gasteiger partial charge in [0.1, 0.15) is 5.75 Å². The van der Waals surface area contributed by atoms with E-state index in [1.165, 1.54) is 16.7 Å². The third-order valence-corrected chi connectivity index (χ3v) is 4.24. The number of carbonyl (C=O) groups is 1. The Labute approximate surface area is 143 Å². The summed E-state index contributed by atoms with van der Waals surface area (Å²) in [5.41, 5.74) is 6.44. The van der Waals surface area contributed by atoms with Gasteiger partial charge >= 0.3 is 6.09 Å². The minimum Gasteiger partial charge on any atom is -0.496 e. The molecule has 0 saturated carbocycles. The molecule has 0 spiro atoms. The molecule has 0 atom stereocenters. The molecule has 0 radical (unpaired) electrons. The second-order valence-electron chi connectivity index (χ2n) is 6.43. The van der Waals surface area contributed by atoms with E-state index in [4.69, 9.17) is 9.84 Å². The topological polar surface area (TPSA) is 58.6 Å². The van der Waals surface area contributed by atoms with Crippen LogP contribution < -0.4 is 10.1 Å². The van der Waals surface area contributed by atoms with Crippen LogP contribution in [-0.2, 0) is 6.42 Å². The zero-order valence-corrected chi connectivity index (χ0v) is 14.9. The van der Waals surface area contributed by atoms with Gasteiger partial charge in [0.15, 0.2) is 0 Å². The lowest BCUT2D eigenvalue weighted by molar-refractivity contribution is 0.210. The second-order valence-corrected chi connectivity index (χ2v) is 6.43. The van der Waals surface area contributed by atoms with Crippen molar-refractivity contribution in [3.05, 3.63) is 58.1 Å². The molecule has 2 aromatic rings. The van der Waals surface area contributed by atoms with Gasteiger partial charge in [-0.2, -0.15) is 0 Å². The van der Waals surface area contributed by atoms with Crippen LogP contribution in [0.5, 0.6) is 5.75 Å². The van der Waals surface area contributed by atoms with Crippen molar-refractivity contribution in [3.8, 4) is 5.75 Å². The van der Waals surface area contributed by atoms with E-state index in [1.54, 1.807) is 7.11 Å². The predicted molar refractivity (Wildman–Crippen MR) is 97.5 cm³/mol. The molecule has 0 aliphatic rings.